The predicted molar refractivity (Wildman–Crippen MR) is 103 cm³/mol. The smallest absolute Gasteiger partial charge is 0.255 e. The van der Waals surface area contributed by atoms with Crippen LogP contribution in [0.25, 0.3) is 0 Å². The number of piperidine rings is 1. The van der Waals surface area contributed by atoms with Crippen molar-refractivity contribution in [1.29, 1.82) is 0 Å². The molecule has 2 aliphatic heterocycles. The summed E-state index contributed by atoms with van der Waals surface area (Å²) in [4.78, 5) is 12.9. The van der Waals surface area contributed by atoms with Gasteiger partial charge in [0.1, 0.15) is 13.2 Å². The zero-order valence-electron chi connectivity index (χ0n) is 15.0. The fraction of sp³-hybridized carbons (Fsp3) is 0.350. The van der Waals surface area contributed by atoms with Crippen molar-refractivity contribution in [3.63, 3.8) is 0 Å². The first-order valence-electron chi connectivity index (χ1n) is 8.98. The Labute approximate surface area is 167 Å². The van der Waals surface area contributed by atoms with Gasteiger partial charge < -0.3 is 20.1 Å². The van der Waals surface area contributed by atoms with Gasteiger partial charge in [-0.15, -0.1) is 12.4 Å². The SMILES string of the molecule is Cl.O=C(NC1CNCCC1c1ccc(F)c(F)c1)c1cccc2c1OCCO2. The van der Waals surface area contributed by atoms with Crippen molar-refractivity contribution in [2.45, 2.75) is 18.4 Å². The van der Waals surface area contributed by atoms with E-state index < -0.39 is 11.6 Å². The van der Waals surface area contributed by atoms with Crippen LogP contribution in [0.15, 0.2) is 36.4 Å². The summed E-state index contributed by atoms with van der Waals surface area (Å²) in [5, 5.41) is 6.26. The molecule has 5 nitrogen and oxygen atoms in total. The van der Waals surface area contributed by atoms with Gasteiger partial charge in [-0.1, -0.05) is 12.1 Å². The summed E-state index contributed by atoms with van der Waals surface area (Å²) in [6, 6.07) is 8.86. The van der Waals surface area contributed by atoms with Crippen LogP contribution in [0.4, 0.5) is 8.78 Å². The Hall–Kier alpha value is -2.38. The molecule has 8 heteroatoms. The standard InChI is InChI=1S/C20H20F2N2O3.ClH/c21-15-5-4-12(10-16(15)22)13-6-7-23-11-17(13)24-20(25)14-2-1-3-18-19(14)27-9-8-26-18;/h1-5,10,13,17,23H,6-9,11H2,(H,24,25);1H. The van der Waals surface area contributed by atoms with E-state index in [1.807, 2.05) is 0 Å². The molecule has 1 fully saturated rings. The summed E-state index contributed by atoms with van der Waals surface area (Å²) < 4.78 is 38.1. The maximum absolute atomic E-state index is 13.7. The van der Waals surface area contributed by atoms with Crippen LogP contribution >= 0.6 is 12.4 Å². The van der Waals surface area contributed by atoms with Crippen LogP contribution in [0.3, 0.4) is 0 Å². The number of carbonyl (C=O) groups excluding carboxylic acids is 1. The lowest BCUT2D eigenvalue weighted by Crippen LogP contribution is -2.50. The number of hydrogen-bond acceptors (Lipinski definition) is 4. The molecular weight excluding hydrogens is 390 g/mol. The highest BCUT2D eigenvalue weighted by Gasteiger charge is 2.30. The van der Waals surface area contributed by atoms with Crippen LogP contribution in [0.2, 0.25) is 0 Å². The molecule has 0 spiro atoms. The van der Waals surface area contributed by atoms with Crippen LogP contribution in [0.5, 0.6) is 11.5 Å². The Balaban J connectivity index is 0.00000225. The molecule has 0 aromatic heterocycles. The number of nitrogens with one attached hydrogen (secondary N) is 2. The zero-order chi connectivity index (χ0) is 18.8. The number of carbonyl (C=O) groups is 1. The molecule has 0 saturated carbocycles. The summed E-state index contributed by atoms with van der Waals surface area (Å²) >= 11 is 0. The van der Waals surface area contributed by atoms with E-state index in [0.717, 1.165) is 12.6 Å². The van der Waals surface area contributed by atoms with Gasteiger partial charge in [-0.3, -0.25) is 4.79 Å². The minimum atomic E-state index is -0.876. The van der Waals surface area contributed by atoms with E-state index >= 15 is 0 Å². The first kappa shape index (κ1) is 20.4. The van der Waals surface area contributed by atoms with E-state index in [-0.39, 0.29) is 30.3 Å². The third kappa shape index (κ3) is 4.05. The lowest BCUT2D eigenvalue weighted by atomic mass is 9.85. The minimum Gasteiger partial charge on any atom is -0.486 e. The van der Waals surface area contributed by atoms with E-state index in [1.54, 1.807) is 24.3 Å². The molecule has 4 rings (SSSR count). The third-order valence-corrected chi connectivity index (χ3v) is 4.98. The topological polar surface area (TPSA) is 59.6 Å². The Morgan fingerprint density at radius 3 is 2.75 bits per heavy atom. The largest absolute Gasteiger partial charge is 0.486 e. The molecule has 2 aromatic carbocycles. The van der Waals surface area contributed by atoms with Gasteiger partial charge >= 0.3 is 0 Å². The van der Waals surface area contributed by atoms with Crippen molar-refractivity contribution in [3.8, 4) is 11.5 Å². The molecule has 2 aromatic rings. The lowest BCUT2D eigenvalue weighted by Gasteiger charge is -2.33. The molecule has 0 bridgehead atoms. The zero-order valence-corrected chi connectivity index (χ0v) is 15.9. The highest BCUT2D eigenvalue weighted by molar-refractivity contribution is 5.98. The molecule has 1 amide bonds. The lowest BCUT2D eigenvalue weighted by molar-refractivity contribution is 0.0913. The first-order chi connectivity index (χ1) is 13.1. The van der Waals surface area contributed by atoms with Crippen molar-refractivity contribution < 1.29 is 23.0 Å². The van der Waals surface area contributed by atoms with E-state index in [1.165, 1.54) is 6.07 Å². The van der Waals surface area contributed by atoms with Crippen molar-refractivity contribution in [2.24, 2.45) is 0 Å². The summed E-state index contributed by atoms with van der Waals surface area (Å²) in [7, 11) is 0. The molecule has 2 atom stereocenters. The summed E-state index contributed by atoms with van der Waals surface area (Å²) in [5.41, 5.74) is 1.08. The van der Waals surface area contributed by atoms with Gasteiger partial charge in [-0.05, 0) is 42.8 Å². The van der Waals surface area contributed by atoms with Gasteiger partial charge in [0.2, 0.25) is 0 Å². The summed E-state index contributed by atoms with van der Waals surface area (Å²) in [5.74, 6) is -1.15. The number of para-hydroxylation sites is 1. The third-order valence-electron chi connectivity index (χ3n) is 4.98. The Morgan fingerprint density at radius 1 is 1.11 bits per heavy atom. The molecule has 150 valence electrons. The van der Waals surface area contributed by atoms with Crippen LogP contribution in [-0.2, 0) is 0 Å². The monoisotopic (exact) mass is 410 g/mol. The second kappa shape index (κ2) is 8.75. The van der Waals surface area contributed by atoms with Crippen molar-refractivity contribution in [1.82, 2.24) is 10.6 Å². The van der Waals surface area contributed by atoms with Crippen LogP contribution in [-0.4, -0.2) is 38.3 Å². The van der Waals surface area contributed by atoms with E-state index in [0.29, 0.717) is 48.8 Å². The number of ether oxygens (including phenoxy) is 2. The van der Waals surface area contributed by atoms with Gasteiger partial charge in [-0.2, -0.15) is 0 Å². The highest BCUT2D eigenvalue weighted by atomic mass is 35.5. The second-order valence-electron chi connectivity index (χ2n) is 6.68. The van der Waals surface area contributed by atoms with Gasteiger partial charge in [0.05, 0.1) is 5.56 Å². The fourth-order valence-electron chi connectivity index (χ4n) is 3.65. The average molecular weight is 411 g/mol. The van der Waals surface area contributed by atoms with E-state index in [2.05, 4.69) is 10.6 Å². The average Bonchev–Trinajstić information content (AvgIpc) is 2.70. The summed E-state index contributed by atoms with van der Waals surface area (Å²) in [6.45, 7) is 2.12. The minimum absolute atomic E-state index is 0. The van der Waals surface area contributed by atoms with Gasteiger partial charge in [0.15, 0.2) is 23.1 Å². The Kier molecular flexibility index (Phi) is 6.36. The maximum atomic E-state index is 13.7. The predicted octanol–water partition coefficient (Wildman–Crippen LogP) is 3.03. The molecule has 2 unspecified atom stereocenters. The van der Waals surface area contributed by atoms with Crippen LogP contribution in [0, 0.1) is 11.6 Å². The number of halogens is 3. The molecule has 2 N–H and O–H groups in total. The normalized spacial score (nSPS) is 20.8. The molecular formula is C20H21ClF2N2O3. The molecule has 0 aliphatic carbocycles. The number of hydrogen-bond donors (Lipinski definition) is 2. The molecule has 0 radical (unpaired) electrons. The molecule has 2 heterocycles. The van der Waals surface area contributed by atoms with Crippen molar-refractivity contribution in [3.05, 3.63) is 59.2 Å². The van der Waals surface area contributed by atoms with Crippen LogP contribution < -0.4 is 20.1 Å². The van der Waals surface area contributed by atoms with Gasteiger partial charge in [0, 0.05) is 18.5 Å². The number of rotatable bonds is 3. The van der Waals surface area contributed by atoms with Crippen molar-refractivity contribution in [2.75, 3.05) is 26.3 Å². The number of amides is 1. The number of fused-ring (bicyclic) bond motifs is 1. The van der Waals surface area contributed by atoms with Crippen molar-refractivity contribution >= 4 is 18.3 Å². The van der Waals surface area contributed by atoms with Gasteiger partial charge in [0.25, 0.3) is 5.91 Å². The first-order valence-corrected chi connectivity index (χ1v) is 8.98. The quantitative estimate of drug-likeness (QED) is 0.816. The highest BCUT2D eigenvalue weighted by Crippen LogP contribution is 2.34. The van der Waals surface area contributed by atoms with Gasteiger partial charge in [-0.25, -0.2) is 8.78 Å². The second-order valence-corrected chi connectivity index (χ2v) is 6.68. The summed E-state index contributed by atoms with van der Waals surface area (Å²) in [6.07, 6.45) is 0.711. The van der Waals surface area contributed by atoms with E-state index in [4.69, 9.17) is 9.47 Å². The Morgan fingerprint density at radius 2 is 1.93 bits per heavy atom. The molecule has 1 saturated heterocycles. The molecule has 28 heavy (non-hydrogen) atoms. The van der Waals surface area contributed by atoms with E-state index in [9.17, 15) is 13.6 Å². The molecule has 2 aliphatic rings. The Bertz CT molecular complexity index is 865. The van der Waals surface area contributed by atoms with Crippen LogP contribution in [0.1, 0.15) is 28.3 Å². The maximum Gasteiger partial charge on any atom is 0.255 e. The number of benzene rings is 2. The fourth-order valence-corrected chi connectivity index (χ4v) is 3.65.